The van der Waals surface area contributed by atoms with E-state index in [2.05, 4.69) is 5.32 Å². The van der Waals surface area contributed by atoms with Crippen molar-refractivity contribution >= 4 is 17.7 Å². The maximum Gasteiger partial charge on any atom is 0.253 e. The van der Waals surface area contributed by atoms with Gasteiger partial charge in [-0.3, -0.25) is 14.4 Å². The second kappa shape index (κ2) is 8.65. The van der Waals surface area contributed by atoms with Crippen LogP contribution in [0.4, 0.5) is 4.39 Å². The molecule has 146 valence electrons. The topological polar surface area (TPSA) is 92.5 Å². The summed E-state index contributed by atoms with van der Waals surface area (Å²) in [6, 6.07) is 12.3. The van der Waals surface area contributed by atoms with Crippen LogP contribution < -0.4 is 11.1 Å². The quantitative estimate of drug-likeness (QED) is 0.828. The van der Waals surface area contributed by atoms with E-state index in [0.29, 0.717) is 43.6 Å². The van der Waals surface area contributed by atoms with Gasteiger partial charge in [0.15, 0.2) is 0 Å². The Morgan fingerprint density at radius 3 is 2.36 bits per heavy atom. The van der Waals surface area contributed by atoms with E-state index in [1.54, 1.807) is 23.1 Å². The van der Waals surface area contributed by atoms with Crippen LogP contribution in [-0.4, -0.2) is 35.7 Å². The molecule has 2 aromatic rings. The predicted molar refractivity (Wildman–Crippen MR) is 102 cm³/mol. The van der Waals surface area contributed by atoms with Crippen molar-refractivity contribution in [3.63, 3.8) is 0 Å². The number of benzene rings is 2. The Hall–Kier alpha value is -3.22. The highest BCUT2D eigenvalue weighted by atomic mass is 19.1. The fourth-order valence-corrected chi connectivity index (χ4v) is 3.29. The number of likely N-dealkylation sites (tertiary alicyclic amines) is 1. The maximum absolute atomic E-state index is 13.0. The van der Waals surface area contributed by atoms with Gasteiger partial charge in [-0.2, -0.15) is 0 Å². The van der Waals surface area contributed by atoms with Crippen molar-refractivity contribution in [3.05, 3.63) is 71.0 Å². The van der Waals surface area contributed by atoms with Crippen LogP contribution in [0.2, 0.25) is 0 Å². The molecular formula is C21H22FN3O3. The minimum atomic E-state index is -0.508. The molecule has 28 heavy (non-hydrogen) atoms. The van der Waals surface area contributed by atoms with E-state index in [9.17, 15) is 18.8 Å². The lowest BCUT2D eigenvalue weighted by Gasteiger charge is -2.31. The molecule has 1 aliphatic heterocycles. The van der Waals surface area contributed by atoms with Crippen LogP contribution in [0.25, 0.3) is 0 Å². The number of rotatable bonds is 5. The van der Waals surface area contributed by atoms with Gasteiger partial charge in [0.1, 0.15) is 5.82 Å². The van der Waals surface area contributed by atoms with Crippen molar-refractivity contribution in [3.8, 4) is 0 Å². The van der Waals surface area contributed by atoms with Crippen molar-refractivity contribution < 1.29 is 18.8 Å². The number of hydrogen-bond donors (Lipinski definition) is 2. The summed E-state index contributed by atoms with van der Waals surface area (Å²) in [6.07, 6.45) is 1.14. The Morgan fingerprint density at radius 1 is 1.04 bits per heavy atom. The molecule has 0 saturated carbocycles. The standard InChI is InChI=1S/C21H22FN3O3/c22-18-6-4-16(5-7-18)21(28)25-10-8-15(9-11-25)20(27)24-13-14-2-1-3-17(12-14)19(23)26/h1-7,12,15H,8-11,13H2,(H2,23,26)(H,24,27). The molecule has 0 bridgehead atoms. The van der Waals surface area contributed by atoms with Crippen LogP contribution in [0.1, 0.15) is 39.1 Å². The SMILES string of the molecule is NC(=O)c1cccc(CNC(=O)C2CCN(C(=O)c3ccc(F)cc3)CC2)c1. The van der Waals surface area contributed by atoms with E-state index in [4.69, 9.17) is 5.73 Å². The van der Waals surface area contributed by atoms with Crippen molar-refractivity contribution in [1.29, 1.82) is 0 Å². The third-order valence-corrected chi connectivity index (χ3v) is 4.92. The van der Waals surface area contributed by atoms with E-state index >= 15 is 0 Å². The fourth-order valence-electron chi connectivity index (χ4n) is 3.29. The molecular weight excluding hydrogens is 361 g/mol. The Bertz CT molecular complexity index is 875. The Balaban J connectivity index is 1.49. The minimum Gasteiger partial charge on any atom is -0.366 e. The molecule has 0 aromatic heterocycles. The second-order valence-corrected chi connectivity index (χ2v) is 6.86. The van der Waals surface area contributed by atoms with E-state index in [-0.39, 0.29) is 23.5 Å². The highest BCUT2D eigenvalue weighted by Gasteiger charge is 2.27. The molecule has 1 fully saturated rings. The molecule has 0 spiro atoms. The van der Waals surface area contributed by atoms with Crippen LogP contribution in [0, 0.1) is 11.7 Å². The van der Waals surface area contributed by atoms with Gasteiger partial charge in [0, 0.05) is 36.7 Å². The first-order chi connectivity index (χ1) is 13.4. The summed E-state index contributed by atoms with van der Waals surface area (Å²) in [5, 5.41) is 2.88. The van der Waals surface area contributed by atoms with Gasteiger partial charge in [-0.05, 0) is 54.8 Å². The highest BCUT2D eigenvalue weighted by Crippen LogP contribution is 2.20. The summed E-state index contributed by atoms with van der Waals surface area (Å²) < 4.78 is 13.0. The van der Waals surface area contributed by atoms with Crippen LogP contribution in [0.15, 0.2) is 48.5 Å². The number of nitrogens with one attached hydrogen (secondary N) is 1. The molecule has 0 atom stereocenters. The minimum absolute atomic E-state index is 0.0710. The third-order valence-electron chi connectivity index (χ3n) is 4.92. The second-order valence-electron chi connectivity index (χ2n) is 6.86. The number of carbonyl (C=O) groups is 3. The van der Waals surface area contributed by atoms with Gasteiger partial charge < -0.3 is 16.0 Å². The van der Waals surface area contributed by atoms with E-state index < -0.39 is 5.91 Å². The zero-order valence-corrected chi connectivity index (χ0v) is 15.4. The molecule has 1 heterocycles. The van der Waals surface area contributed by atoms with E-state index in [0.717, 1.165) is 5.56 Å². The van der Waals surface area contributed by atoms with Gasteiger partial charge in [-0.1, -0.05) is 12.1 Å². The number of hydrogen-bond acceptors (Lipinski definition) is 3. The zero-order valence-electron chi connectivity index (χ0n) is 15.4. The van der Waals surface area contributed by atoms with Crippen molar-refractivity contribution in [1.82, 2.24) is 10.2 Å². The smallest absolute Gasteiger partial charge is 0.253 e. The van der Waals surface area contributed by atoms with Gasteiger partial charge in [-0.15, -0.1) is 0 Å². The molecule has 3 rings (SSSR count). The summed E-state index contributed by atoms with van der Waals surface area (Å²) in [5.41, 5.74) is 6.91. The van der Waals surface area contributed by atoms with Crippen LogP contribution in [-0.2, 0) is 11.3 Å². The Morgan fingerprint density at radius 2 is 1.71 bits per heavy atom. The number of carbonyl (C=O) groups excluding carboxylic acids is 3. The molecule has 0 radical (unpaired) electrons. The highest BCUT2D eigenvalue weighted by molar-refractivity contribution is 5.94. The van der Waals surface area contributed by atoms with Crippen LogP contribution in [0.5, 0.6) is 0 Å². The molecule has 3 N–H and O–H groups in total. The average Bonchev–Trinajstić information content (AvgIpc) is 2.72. The van der Waals surface area contributed by atoms with E-state index in [1.165, 1.54) is 24.3 Å². The van der Waals surface area contributed by atoms with Gasteiger partial charge in [0.05, 0.1) is 0 Å². The van der Waals surface area contributed by atoms with Crippen molar-refractivity contribution in [2.24, 2.45) is 11.7 Å². The van der Waals surface area contributed by atoms with Crippen molar-refractivity contribution in [2.75, 3.05) is 13.1 Å². The lowest BCUT2D eigenvalue weighted by Crippen LogP contribution is -2.42. The molecule has 0 unspecified atom stereocenters. The molecule has 0 aliphatic carbocycles. The average molecular weight is 383 g/mol. The van der Waals surface area contributed by atoms with E-state index in [1.807, 2.05) is 6.07 Å². The molecule has 2 aromatic carbocycles. The molecule has 7 heteroatoms. The zero-order chi connectivity index (χ0) is 20.1. The van der Waals surface area contributed by atoms with Gasteiger partial charge in [-0.25, -0.2) is 4.39 Å². The van der Waals surface area contributed by atoms with Crippen molar-refractivity contribution in [2.45, 2.75) is 19.4 Å². The number of piperidine rings is 1. The van der Waals surface area contributed by atoms with Gasteiger partial charge in [0.2, 0.25) is 11.8 Å². The van der Waals surface area contributed by atoms with Crippen LogP contribution >= 0.6 is 0 Å². The first kappa shape index (κ1) is 19.5. The number of amides is 3. The number of nitrogens with zero attached hydrogens (tertiary/aromatic N) is 1. The third kappa shape index (κ3) is 4.73. The first-order valence-corrected chi connectivity index (χ1v) is 9.15. The summed E-state index contributed by atoms with van der Waals surface area (Å²) in [7, 11) is 0. The first-order valence-electron chi connectivity index (χ1n) is 9.15. The Labute approximate surface area is 162 Å². The monoisotopic (exact) mass is 383 g/mol. The van der Waals surface area contributed by atoms with Gasteiger partial charge >= 0.3 is 0 Å². The lowest BCUT2D eigenvalue weighted by molar-refractivity contribution is -0.126. The molecule has 1 aliphatic rings. The van der Waals surface area contributed by atoms with Gasteiger partial charge in [0.25, 0.3) is 5.91 Å². The number of primary amides is 1. The summed E-state index contributed by atoms with van der Waals surface area (Å²) in [4.78, 5) is 37.8. The molecule has 1 saturated heterocycles. The Kier molecular flexibility index (Phi) is 6.03. The number of halogens is 1. The summed E-state index contributed by atoms with van der Waals surface area (Å²) in [6.45, 7) is 1.27. The predicted octanol–water partition coefficient (Wildman–Crippen LogP) is 2.09. The number of nitrogens with two attached hydrogens (primary N) is 1. The normalized spacial score (nSPS) is 14.5. The van der Waals surface area contributed by atoms with Crippen LogP contribution in [0.3, 0.4) is 0 Å². The maximum atomic E-state index is 13.0. The molecule has 3 amide bonds. The summed E-state index contributed by atoms with van der Waals surface area (Å²) in [5.74, 6) is -1.28. The largest absolute Gasteiger partial charge is 0.366 e. The summed E-state index contributed by atoms with van der Waals surface area (Å²) >= 11 is 0. The lowest BCUT2D eigenvalue weighted by atomic mass is 9.95. The molecule has 6 nitrogen and oxygen atoms in total. The fraction of sp³-hybridized carbons (Fsp3) is 0.286.